The van der Waals surface area contributed by atoms with Crippen LogP contribution in [0.4, 0.5) is 0 Å². The minimum atomic E-state index is 1.03. The van der Waals surface area contributed by atoms with Crippen LogP contribution in [0.1, 0.15) is 11.3 Å². The molecule has 1 heterocycles. The van der Waals surface area contributed by atoms with Crippen LogP contribution in [0.25, 0.3) is 10.9 Å². The molecule has 2 aromatic rings. The van der Waals surface area contributed by atoms with E-state index >= 15 is 0 Å². The van der Waals surface area contributed by atoms with E-state index in [1.807, 2.05) is 25.1 Å². The lowest BCUT2D eigenvalue weighted by atomic mass is 10.1. The summed E-state index contributed by atoms with van der Waals surface area (Å²) in [5.74, 6) is 0. The monoisotopic (exact) mass is 189 g/mol. The van der Waals surface area contributed by atoms with Gasteiger partial charge in [0.1, 0.15) is 0 Å². The van der Waals surface area contributed by atoms with Crippen molar-refractivity contribution < 1.29 is 0 Å². The number of thiol groups is 1. The summed E-state index contributed by atoms with van der Waals surface area (Å²) in [5, 5.41) is 1.19. The zero-order valence-corrected chi connectivity index (χ0v) is 8.60. The fourth-order valence-corrected chi connectivity index (χ4v) is 1.64. The number of benzene rings is 1. The zero-order chi connectivity index (χ0) is 9.42. The third-order valence-electron chi connectivity index (χ3n) is 2.25. The minimum Gasteiger partial charge on any atom is -0.253 e. The highest BCUT2D eigenvalue weighted by Gasteiger charge is 2.00. The molecule has 0 N–H and O–H groups in total. The Bertz CT molecular complexity index is 463. The molecule has 0 unspecified atom stereocenters. The van der Waals surface area contributed by atoms with Crippen LogP contribution in [-0.4, -0.2) is 4.98 Å². The van der Waals surface area contributed by atoms with Crippen LogP contribution >= 0.6 is 12.6 Å². The molecule has 0 radical (unpaired) electrons. The first kappa shape index (κ1) is 8.57. The van der Waals surface area contributed by atoms with Crippen molar-refractivity contribution in [2.24, 2.45) is 0 Å². The molecule has 1 nitrogen and oxygen atoms in total. The number of aromatic nitrogens is 1. The van der Waals surface area contributed by atoms with Gasteiger partial charge in [-0.1, -0.05) is 6.07 Å². The van der Waals surface area contributed by atoms with Crippen molar-refractivity contribution in [3.63, 3.8) is 0 Å². The average Bonchev–Trinajstić information content (AvgIpc) is 2.12. The van der Waals surface area contributed by atoms with E-state index in [0.29, 0.717) is 0 Å². The Kier molecular flexibility index (Phi) is 2.00. The van der Waals surface area contributed by atoms with Crippen LogP contribution < -0.4 is 0 Å². The topological polar surface area (TPSA) is 12.9 Å². The molecule has 0 saturated carbocycles. The fourth-order valence-electron chi connectivity index (χ4n) is 1.44. The van der Waals surface area contributed by atoms with Gasteiger partial charge in [-0.15, -0.1) is 12.6 Å². The Morgan fingerprint density at radius 3 is 2.62 bits per heavy atom. The normalized spacial score (nSPS) is 10.7. The predicted molar refractivity (Wildman–Crippen MR) is 58.5 cm³/mol. The molecule has 0 aliphatic heterocycles. The van der Waals surface area contributed by atoms with Gasteiger partial charge in [0, 0.05) is 16.0 Å². The molecular formula is C11H11NS. The molecule has 0 atom stereocenters. The first-order valence-electron chi connectivity index (χ1n) is 4.24. The fraction of sp³-hybridized carbons (Fsp3) is 0.182. The number of hydrogen-bond donors (Lipinski definition) is 1. The number of aryl methyl sites for hydroxylation is 2. The third-order valence-corrected chi connectivity index (χ3v) is 2.74. The van der Waals surface area contributed by atoms with Gasteiger partial charge < -0.3 is 0 Å². The molecule has 0 saturated heterocycles. The quantitative estimate of drug-likeness (QED) is 0.628. The highest BCUT2D eigenvalue weighted by atomic mass is 32.1. The van der Waals surface area contributed by atoms with Crippen LogP contribution in [0.2, 0.25) is 0 Å². The number of pyridine rings is 1. The van der Waals surface area contributed by atoms with E-state index in [1.54, 1.807) is 0 Å². The van der Waals surface area contributed by atoms with Gasteiger partial charge in [0.15, 0.2) is 0 Å². The SMILES string of the molecule is Cc1ccc2c(C)c(S)ccc2n1. The van der Waals surface area contributed by atoms with Gasteiger partial charge in [-0.2, -0.15) is 0 Å². The second-order valence-electron chi connectivity index (χ2n) is 3.23. The molecule has 0 aliphatic carbocycles. The van der Waals surface area contributed by atoms with E-state index in [0.717, 1.165) is 16.1 Å². The summed E-state index contributed by atoms with van der Waals surface area (Å²) < 4.78 is 0. The van der Waals surface area contributed by atoms with Gasteiger partial charge in [-0.3, -0.25) is 4.98 Å². The van der Waals surface area contributed by atoms with Crippen molar-refractivity contribution in [1.29, 1.82) is 0 Å². The molecule has 1 aromatic carbocycles. The van der Waals surface area contributed by atoms with E-state index in [4.69, 9.17) is 0 Å². The summed E-state index contributed by atoms with van der Waals surface area (Å²) in [6.07, 6.45) is 0. The van der Waals surface area contributed by atoms with Gasteiger partial charge in [0.25, 0.3) is 0 Å². The maximum atomic E-state index is 4.44. The molecular weight excluding hydrogens is 178 g/mol. The lowest BCUT2D eigenvalue weighted by Gasteiger charge is -2.04. The number of rotatable bonds is 0. The summed E-state index contributed by atoms with van der Waals surface area (Å²) >= 11 is 4.37. The van der Waals surface area contributed by atoms with Gasteiger partial charge in [-0.25, -0.2) is 0 Å². The van der Waals surface area contributed by atoms with E-state index in [2.05, 4.69) is 30.6 Å². The van der Waals surface area contributed by atoms with Crippen LogP contribution in [0.3, 0.4) is 0 Å². The third kappa shape index (κ3) is 1.42. The summed E-state index contributed by atoms with van der Waals surface area (Å²) in [6.45, 7) is 4.07. The molecule has 2 rings (SSSR count). The smallest absolute Gasteiger partial charge is 0.0708 e. The Labute approximate surface area is 83.2 Å². The van der Waals surface area contributed by atoms with Crippen molar-refractivity contribution in [2.75, 3.05) is 0 Å². The van der Waals surface area contributed by atoms with Crippen molar-refractivity contribution >= 4 is 23.5 Å². The van der Waals surface area contributed by atoms with Gasteiger partial charge in [-0.05, 0) is 37.6 Å². The van der Waals surface area contributed by atoms with Gasteiger partial charge in [0.05, 0.1) is 5.52 Å². The van der Waals surface area contributed by atoms with Crippen molar-refractivity contribution in [3.8, 4) is 0 Å². The standard InChI is InChI=1S/C11H11NS/c1-7-3-4-9-8(2)11(13)6-5-10(9)12-7/h3-6,13H,1-2H3. The largest absolute Gasteiger partial charge is 0.253 e. The van der Waals surface area contributed by atoms with Crippen LogP contribution in [0, 0.1) is 13.8 Å². The molecule has 66 valence electrons. The van der Waals surface area contributed by atoms with Crippen molar-refractivity contribution in [3.05, 3.63) is 35.5 Å². The number of hydrogen-bond acceptors (Lipinski definition) is 2. The highest BCUT2D eigenvalue weighted by molar-refractivity contribution is 7.80. The first-order valence-corrected chi connectivity index (χ1v) is 4.69. The predicted octanol–water partition coefficient (Wildman–Crippen LogP) is 3.14. The van der Waals surface area contributed by atoms with E-state index in [-0.39, 0.29) is 0 Å². The Balaban J connectivity index is 2.87. The summed E-state index contributed by atoms with van der Waals surface area (Å²) in [5.41, 5.74) is 3.31. The van der Waals surface area contributed by atoms with Crippen LogP contribution in [0.5, 0.6) is 0 Å². The van der Waals surface area contributed by atoms with Crippen molar-refractivity contribution in [1.82, 2.24) is 4.98 Å². The maximum Gasteiger partial charge on any atom is 0.0708 e. The summed E-state index contributed by atoms with van der Waals surface area (Å²) in [7, 11) is 0. The van der Waals surface area contributed by atoms with E-state index < -0.39 is 0 Å². The number of fused-ring (bicyclic) bond motifs is 1. The van der Waals surface area contributed by atoms with E-state index in [9.17, 15) is 0 Å². The van der Waals surface area contributed by atoms with Gasteiger partial charge >= 0.3 is 0 Å². The molecule has 0 bridgehead atoms. The second kappa shape index (κ2) is 3.04. The van der Waals surface area contributed by atoms with Crippen LogP contribution in [-0.2, 0) is 0 Å². The van der Waals surface area contributed by atoms with E-state index in [1.165, 1.54) is 10.9 Å². The maximum absolute atomic E-state index is 4.44. The lowest BCUT2D eigenvalue weighted by molar-refractivity contribution is 1.24. The highest BCUT2D eigenvalue weighted by Crippen LogP contribution is 2.22. The molecule has 2 heteroatoms. The summed E-state index contributed by atoms with van der Waals surface area (Å²) in [4.78, 5) is 5.47. The molecule has 0 fully saturated rings. The summed E-state index contributed by atoms with van der Waals surface area (Å²) in [6, 6.07) is 8.14. The molecule has 13 heavy (non-hydrogen) atoms. The molecule has 0 amide bonds. The minimum absolute atomic E-state index is 1.03. The van der Waals surface area contributed by atoms with Crippen LogP contribution in [0.15, 0.2) is 29.2 Å². The molecule has 0 aliphatic rings. The molecule has 1 aromatic heterocycles. The average molecular weight is 189 g/mol. The first-order chi connectivity index (χ1) is 6.18. The Morgan fingerprint density at radius 2 is 1.85 bits per heavy atom. The Morgan fingerprint density at radius 1 is 1.08 bits per heavy atom. The Hall–Kier alpha value is -1.02. The zero-order valence-electron chi connectivity index (χ0n) is 7.70. The van der Waals surface area contributed by atoms with Gasteiger partial charge in [0.2, 0.25) is 0 Å². The second-order valence-corrected chi connectivity index (χ2v) is 3.71. The number of nitrogens with zero attached hydrogens (tertiary/aromatic N) is 1. The lowest BCUT2D eigenvalue weighted by Crippen LogP contribution is -1.86. The van der Waals surface area contributed by atoms with Crippen molar-refractivity contribution in [2.45, 2.75) is 18.7 Å². The molecule has 0 spiro atoms.